The van der Waals surface area contributed by atoms with Crippen LogP contribution in [0.5, 0.6) is 0 Å². The van der Waals surface area contributed by atoms with E-state index in [2.05, 4.69) is 10.6 Å². The van der Waals surface area contributed by atoms with Crippen molar-refractivity contribution in [3.05, 3.63) is 11.6 Å². The molecule has 74 valence electrons. The van der Waals surface area contributed by atoms with Crippen molar-refractivity contribution in [2.75, 3.05) is 0 Å². The Balaban J connectivity index is 0.000000671. The van der Waals surface area contributed by atoms with Crippen molar-refractivity contribution in [2.45, 2.75) is 20.3 Å². The first-order chi connectivity index (χ1) is 6.09. The molecule has 13 heavy (non-hydrogen) atoms. The van der Waals surface area contributed by atoms with E-state index in [9.17, 15) is 9.59 Å². The van der Waals surface area contributed by atoms with Crippen LogP contribution in [-0.2, 0) is 14.3 Å². The Labute approximate surface area is 76.1 Å². The van der Waals surface area contributed by atoms with Crippen molar-refractivity contribution in [1.29, 1.82) is 0 Å². The summed E-state index contributed by atoms with van der Waals surface area (Å²) in [6.07, 6.45) is 1.96. The SMILES string of the molecule is CC(C)=CC1CC(=O)OC1=O.NO. The molecule has 0 spiro atoms. The van der Waals surface area contributed by atoms with Crippen LogP contribution >= 0.6 is 0 Å². The van der Waals surface area contributed by atoms with Crippen molar-refractivity contribution < 1.29 is 19.5 Å². The second-order valence-electron chi connectivity index (χ2n) is 2.85. The summed E-state index contributed by atoms with van der Waals surface area (Å²) >= 11 is 0. The molecule has 0 aromatic heterocycles. The number of nitrogens with two attached hydrogens (primary N) is 1. The third-order valence-corrected chi connectivity index (χ3v) is 1.44. The first-order valence-electron chi connectivity index (χ1n) is 3.75. The van der Waals surface area contributed by atoms with E-state index >= 15 is 0 Å². The monoisotopic (exact) mass is 187 g/mol. The molecule has 0 aromatic carbocycles. The number of hydrogen-bond donors (Lipinski definition) is 2. The predicted octanol–water partition coefficient (Wildman–Crippen LogP) is 0.377. The average molecular weight is 187 g/mol. The minimum Gasteiger partial charge on any atom is -0.393 e. The summed E-state index contributed by atoms with van der Waals surface area (Å²) in [5.41, 5.74) is 1.03. The normalized spacial score (nSPS) is 20.2. The maximum atomic E-state index is 10.8. The van der Waals surface area contributed by atoms with Crippen LogP contribution in [0.25, 0.3) is 0 Å². The van der Waals surface area contributed by atoms with E-state index in [1.54, 1.807) is 6.08 Å². The molecule has 0 aromatic rings. The lowest BCUT2D eigenvalue weighted by molar-refractivity contribution is -0.152. The predicted molar refractivity (Wildman–Crippen MR) is 44.6 cm³/mol. The van der Waals surface area contributed by atoms with Crippen LogP contribution in [0, 0.1) is 5.92 Å². The highest BCUT2D eigenvalue weighted by Crippen LogP contribution is 2.18. The number of rotatable bonds is 1. The molecule has 1 atom stereocenters. The van der Waals surface area contributed by atoms with Crippen LogP contribution in [0.15, 0.2) is 11.6 Å². The van der Waals surface area contributed by atoms with Gasteiger partial charge in [-0.05, 0) is 13.8 Å². The second kappa shape index (κ2) is 5.45. The zero-order valence-corrected chi connectivity index (χ0v) is 7.61. The van der Waals surface area contributed by atoms with Gasteiger partial charge in [-0.25, -0.2) is 5.90 Å². The Morgan fingerprint density at radius 1 is 1.54 bits per heavy atom. The number of ether oxygens (including phenoxy) is 1. The largest absolute Gasteiger partial charge is 0.393 e. The highest BCUT2D eigenvalue weighted by atomic mass is 16.6. The van der Waals surface area contributed by atoms with Crippen LogP contribution in [0.2, 0.25) is 0 Å². The van der Waals surface area contributed by atoms with E-state index in [0.29, 0.717) is 0 Å². The van der Waals surface area contributed by atoms with E-state index in [4.69, 9.17) is 5.21 Å². The van der Waals surface area contributed by atoms with Crippen molar-refractivity contribution >= 4 is 11.9 Å². The maximum absolute atomic E-state index is 10.8. The van der Waals surface area contributed by atoms with Crippen LogP contribution < -0.4 is 5.90 Å². The number of esters is 2. The standard InChI is InChI=1S/C8H10O3.H3NO/c1-5(2)3-6-4-7(9)11-8(6)10;1-2/h3,6H,4H2,1-2H3;2H,1H2. The summed E-state index contributed by atoms with van der Waals surface area (Å²) in [7, 11) is 0. The van der Waals surface area contributed by atoms with Crippen molar-refractivity contribution in [3.63, 3.8) is 0 Å². The van der Waals surface area contributed by atoms with Crippen molar-refractivity contribution in [1.82, 2.24) is 0 Å². The zero-order chi connectivity index (χ0) is 10.4. The van der Waals surface area contributed by atoms with Gasteiger partial charge >= 0.3 is 11.9 Å². The summed E-state index contributed by atoms with van der Waals surface area (Å²) in [5, 5.41) is 6.50. The molecule has 3 N–H and O–H groups in total. The molecule has 1 unspecified atom stereocenters. The van der Waals surface area contributed by atoms with Crippen molar-refractivity contribution in [3.8, 4) is 0 Å². The Bertz CT molecular complexity index is 230. The molecule has 1 heterocycles. The fraction of sp³-hybridized carbons (Fsp3) is 0.500. The number of carbonyl (C=O) groups is 2. The van der Waals surface area contributed by atoms with Gasteiger partial charge in [0, 0.05) is 0 Å². The summed E-state index contributed by atoms with van der Waals surface area (Å²) in [4.78, 5) is 21.4. The van der Waals surface area contributed by atoms with Gasteiger partial charge in [0.15, 0.2) is 0 Å². The van der Waals surface area contributed by atoms with Gasteiger partial charge in [-0.3, -0.25) is 9.59 Å². The van der Waals surface area contributed by atoms with Gasteiger partial charge in [-0.1, -0.05) is 11.6 Å². The number of cyclic esters (lactones) is 2. The molecule has 1 saturated heterocycles. The molecule has 1 aliphatic rings. The van der Waals surface area contributed by atoms with Gasteiger partial charge in [0.05, 0.1) is 12.3 Å². The van der Waals surface area contributed by atoms with E-state index in [-0.39, 0.29) is 12.3 Å². The minimum atomic E-state index is -0.420. The zero-order valence-electron chi connectivity index (χ0n) is 7.61. The summed E-state index contributed by atoms with van der Waals surface area (Å²) in [6, 6.07) is 0. The molecule has 0 bridgehead atoms. The Kier molecular flexibility index (Phi) is 4.94. The number of carbonyl (C=O) groups excluding carboxylic acids is 2. The molecule has 1 fully saturated rings. The third-order valence-electron chi connectivity index (χ3n) is 1.44. The smallest absolute Gasteiger partial charge is 0.321 e. The fourth-order valence-corrected chi connectivity index (χ4v) is 1.02. The summed E-state index contributed by atoms with van der Waals surface area (Å²) in [5.74, 6) is 2.32. The molecule has 0 saturated carbocycles. The van der Waals surface area contributed by atoms with Gasteiger partial charge in [0.1, 0.15) is 0 Å². The molecule has 0 radical (unpaired) electrons. The summed E-state index contributed by atoms with van der Waals surface area (Å²) < 4.78 is 4.35. The fourth-order valence-electron chi connectivity index (χ4n) is 1.02. The molecular formula is C8H13NO4. The van der Waals surface area contributed by atoms with E-state index in [1.807, 2.05) is 13.8 Å². The highest BCUT2D eigenvalue weighted by molar-refractivity contribution is 5.95. The lowest BCUT2D eigenvalue weighted by Gasteiger charge is -1.95. The van der Waals surface area contributed by atoms with Gasteiger partial charge in [-0.15, -0.1) is 0 Å². The highest BCUT2D eigenvalue weighted by Gasteiger charge is 2.31. The topological polar surface area (TPSA) is 89.6 Å². The first kappa shape index (κ1) is 11.8. The van der Waals surface area contributed by atoms with Gasteiger partial charge in [-0.2, -0.15) is 0 Å². The quantitative estimate of drug-likeness (QED) is 0.268. The average Bonchev–Trinajstić information content (AvgIpc) is 2.33. The Hall–Kier alpha value is -1.20. The second-order valence-corrected chi connectivity index (χ2v) is 2.85. The van der Waals surface area contributed by atoms with Crippen LogP contribution in [0.4, 0.5) is 0 Å². The van der Waals surface area contributed by atoms with Gasteiger partial charge < -0.3 is 9.94 Å². The molecule has 1 rings (SSSR count). The molecule has 0 aliphatic carbocycles. The minimum absolute atomic E-state index is 0.198. The lowest BCUT2D eigenvalue weighted by Crippen LogP contribution is -2.04. The molecular weight excluding hydrogens is 174 g/mol. The Morgan fingerprint density at radius 3 is 2.38 bits per heavy atom. The van der Waals surface area contributed by atoms with E-state index < -0.39 is 11.9 Å². The van der Waals surface area contributed by atoms with Gasteiger partial charge in [0.25, 0.3) is 0 Å². The third kappa shape index (κ3) is 3.82. The first-order valence-corrected chi connectivity index (χ1v) is 3.75. The Morgan fingerprint density at radius 2 is 2.08 bits per heavy atom. The van der Waals surface area contributed by atoms with Crippen LogP contribution in [-0.4, -0.2) is 17.1 Å². The van der Waals surface area contributed by atoms with Crippen LogP contribution in [0.1, 0.15) is 20.3 Å². The molecule has 5 heteroatoms. The number of allylic oxidation sites excluding steroid dienone is 1. The molecule has 5 nitrogen and oxygen atoms in total. The number of hydrogen-bond acceptors (Lipinski definition) is 5. The van der Waals surface area contributed by atoms with Crippen LogP contribution in [0.3, 0.4) is 0 Å². The van der Waals surface area contributed by atoms with E-state index in [0.717, 1.165) is 5.57 Å². The van der Waals surface area contributed by atoms with Crippen molar-refractivity contribution in [2.24, 2.45) is 11.8 Å². The maximum Gasteiger partial charge on any atom is 0.321 e. The van der Waals surface area contributed by atoms with E-state index in [1.165, 1.54) is 0 Å². The lowest BCUT2D eigenvalue weighted by atomic mass is 10.1. The molecule has 0 amide bonds. The van der Waals surface area contributed by atoms with Gasteiger partial charge in [0.2, 0.25) is 0 Å². The summed E-state index contributed by atoms with van der Waals surface area (Å²) in [6.45, 7) is 3.77. The molecule has 1 aliphatic heterocycles.